The highest BCUT2D eigenvalue weighted by atomic mass is 16.6. The van der Waals surface area contributed by atoms with Crippen LogP contribution in [0.2, 0.25) is 0 Å². The van der Waals surface area contributed by atoms with Crippen LogP contribution in [-0.4, -0.2) is 64.1 Å². The molecule has 0 spiro atoms. The van der Waals surface area contributed by atoms with Crippen molar-refractivity contribution in [2.24, 2.45) is 0 Å². The van der Waals surface area contributed by atoms with E-state index in [1.54, 1.807) is 30.0 Å². The van der Waals surface area contributed by atoms with Crippen LogP contribution in [0.5, 0.6) is 0 Å². The maximum Gasteiger partial charge on any atom is 0.410 e. The Kier molecular flexibility index (Phi) is 9.19. The van der Waals surface area contributed by atoms with Crippen LogP contribution < -0.4 is 0 Å². The van der Waals surface area contributed by atoms with Gasteiger partial charge < -0.3 is 19.6 Å². The van der Waals surface area contributed by atoms with E-state index >= 15 is 0 Å². The zero-order valence-corrected chi connectivity index (χ0v) is 20.5. The van der Waals surface area contributed by atoms with Crippen LogP contribution in [0.3, 0.4) is 0 Å². The standard InChI is InChI=1S/C27H33N3O6/c1-3-16-29(26(33)36-20-21-9-11-24(12-10-21)30(34)35)23-13-17-28(18-14-23)19-15-27(2,25(31)32)22-7-5-4-6-8-22/h3-12,23H,1,13-20H2,2H3,(H,31,32). The number of ether oxygens (including phenoxy) is 1. The second-order valence-electron chi connectivity index (χ2n) is 9.25. The molecule has 1 fully saturated rings. The molecule has 1 saturated heterocycles. The first-order chi connectivity index (χ1) is 17.2. The number of nitrogens with zero attached hydrogens (tertiary/aromatic N) is 3. The fourth-order valence-electron chi connectivity index (χ4n) is 4.47. The molecule has 36 heavy (non-hydrogen) atoms. The van der Waals surface area contributed by atoms with Gasteiger partial charge in [0.15, 0.2) is 0 Å². The Morgan fingerprint density at radius 3 is 2.39 bits per heavy atom. The number of carboxylic acid groups (broad SMARTS) is 1. The second kappa shape index (κ2) is 12.3. The van der Waals surface area contributed by atoms with E-state index in [2.05, 4.69) is 11.5 Å². The molecule has 1 N–H and O–H groups in total. The lowest BCUT2D eigenvalue weighted by atomic mass is 9.79. The Labute approximate surface area is 211 Å². The van der Waals surface area contributed by atoms with Gasteiger partial charge in [0, 0.05) is 37.8 Å². The average Bonchev–Trinajstić information content (AvgIpc) is 2.90. The summed E-state index contributed by atoms with van der Waals surface area (Å²) in [5.41, 5.74) is 0.481. The van der Waals surface area contributed by atoms with Crippen molar-refractivity contribution in [2.45, 2.75) is 44.2 Å². The number of aliphatic carboxylic acids is 1. The Hall–Kier alpha value is -3.72. The smallest absolute Gasteiger partial charge is 0.410 e. The molecule has 0 aromatic heterocycles. The van der Waals surface area contributed by atoms with Gasteiger partial charge in [-0.05, 0) is 56.0 Å². The van der Waals surface area contributed by atoms with E-state index in [0.717, 1.165) is 31.5 Å². The molecule has 2 aromatic rings. The van der Waals surface area contributed by atoms with Gasteiger partial charge in [-0.25, -0.2) is 4.79 Å². The molecule has 3 rings (SSSR count). The van der Waals surface area contributed by atoms with Gasteiger partial charge in [-0.15, -0.1) is 6.58 Å². The molecule has 192 valence electrons. The third-order valence-electron chi connectivity index (χ3n) is 6.88. The van der Waals surface area contributed by atoms with Crippen molar-refractivity contribution in [1.29, 1.82) is 0 Å². The second-order valence-corrected chi connectivity index (χ2v) is 9.25. The summed E-state index contributed by atoms with van der Waals surface area (Å²) in [4.78, 5) is 39.1. The molecule has 1 unspecified atom stereocenters. The summed E-state index contributed by atoms with van der Waals surface area (Å²) >= 11 is 0. The van der Waals surface area contributed by atoms with Crippen LogP contribution in [-0.2, 0) is 21.6 Å². The Morgan fingerprint density at radius 1 is 1.19 bits per heavy atom. The summed E-state index contributed by atoms with van der Waals surface area (Å²) in [5, 5.41) is 20.7. The summed E-state index contributed by atoms with van der Waals surface area (Å²) in [7, 11) is 0. The number of carbonyl (C=O) groups excluding carboxylic acids is 1. The summed E-state index contributed by atoms with van der Waals surface area (Å²) in [5.74, 6) is -0.837. The van der Waals surface area contributed by atoms with Crippen LogP contribution in [0.4, 0.5) is 10.5 Å². The van der Waals surface area contributed by atoms with Crippen molar-refractivity contribution in [3.63, 3.8) is 0 Å². The highest BCUT2D eigenvalue weighted by Crippen LogP contribution is 2.29. The number of carboxylic acids is 1. The largest absolute Gasteiger partial charge is 0.481 e. The first-order valence-corrected chi connectivity index (χ1v) is 12.0. The molecule has 1 amide bonds. The fourth-order valence-corrected chi connectivity index (χ4v) is 4.47. The van der Waals surface area contributed by atoms with Crippen molar-refractivity contribution < 1.29 is 24.4 Å². The molecular weight excluding hydrogens is 462 g/mol. The highest BCUT2D eigenvalue weighted by Gasteiger charge is 2.36. The van der Waals surface area contributed by atoms with Gasteiger partial charge in [0.05, 0.1) is 10.3 Å². The molecule has 0 radical (unpaired) electrons. The van der Waals surface area contributed by atoms with E-state index < -0.39 is 22.4 Å². The molecular formula is C27H33N3O6. The van der Waals surface area contributed by atoms with E-state index in [4.69, 9.17) is 4.74 Å². The first kappa shape index (κ1) is 26.9. The van der Waals surface area contributed by atoms with Crippen molar-refractivity contribution in [3.05, 3.63) is 88.5 Å². The van der Waals surface area contributed by atoms with Gasteiger partial charge in [-0.2, -0.15) is 0 Å². The lowest BCUT2D eigenvalue weighted by Crippen LogP contribution is -2.48. The minimum absolute atomic E-state index is 0.0106. The normalized spacial score (nSPS) is 16.0. The number of carbonyl (C=O) groups is 2. The van der Waals surface area contributed by atoms with Crippen LogP contribution in [0.1, 0.15) is 37.3 Å². The van der Waals surface area contributed by atoms with E-state index in [-0.39, 0.29) is 18.3 Å². The molecule has 1 aliphatic heterocycles. The van der Waals surface area contributed by atoms with Gasteiger partial charge in [-0.3, -0.25) is 14.9 Å². The zero-order chi connectivity index (χ0) is 26.1. The monoisotopic (exact) mass is 495 g/mol. The maximum absolute atomic E-state index is 12.8. The van der Waals surface area contributed by atoms with E-state index in [9.17, 15) is 24.8 Å². The van der Waals surface area contributed by atoms with E-state index in [1.165, 1.54) is 12.1 Å². The number of rotatable bonds is 11. The van der Waals surface area contributed by atoms with Crippen molar-refractivity contribution in [1.82, 2.24) is 9.80 Å². The van der Waals surface area contributed by atoms with Crippen LogP contribution in [0.25, 0.3) is 0 Å². The quantitative estimate of drug-likeness (QED) is 0.275. The number of likely N-dealkylation sites (tertiary alicyclic amines) is 1. The van der Waals surface area contributed by atoms with E-state index in [1.807, 2.05) is 30.3 Å². The minimum Gasteiger partial charge on any atom is -0.481 e. The average molecular weight is 496 g/mol. The molecule has 1 aliphatic rings. The molecule has 0 saturated carbocycles. The molecule has 2 aromatic carbocycles. The third-order valence-corrected chi connectivity index (χ3v) is 6.88. The summed E-state index contributed by atoms with van der Waals surface area (Å²) in [6, 6.07) is 15.2. The molecule has 1 atom stereocenters. The lowest BCUT2D eigenvalue weighted by Gasteiger charge is -2.38. The van der Waals surface area contributed by atoms with Gasteiger partial charge in [0.25, 0.3) is 5.69 Å². The first-order valence-electron chi connectivity index (χ1n) is 12.0. The number of hydrogen-bond acceptors (Lipinski definition) is 6. The lowest BCUT2D eigenvalue weighted by molar-refractivity contribution is -0.384. The fraction of sp³-hybridized carbons (Fsp3) is 0.407. The number of hydrogen-bond donors (Lipinski definition) is 1. The van der Waals surface area contributed by atoms with Crippen molar-refractivity contribution >= 4 is 17.7 Å². The molecule has 0 aliphatic carbocycles. The zero-order valence-electron chi connectivity index (χ0n) is 20.5. The summed E-state index contributed by atoms with van der Waals surface area (Å²) in [6.45, 7) is 8.05. The Morgan fingerprint density at radius 2 is 1.83 bits per heavy atom. The third kappa shape index (κ3) is 6.69. The summed E-state index contributed by atoms with van der Waals surface area (Å²) in [6.07, 6.45) is 3.20. The highest BCUT2D eigenvalue weighted by molar-refractivity contribution is 5.80. The Bertz CT molecular complexity index is 1050. The predicted octanol–water partition coefficient (Wildman–Crippen LogP) is 4.62. The number of nitro benzene ring substituents is 1. The minimum atomic E-state index is -0.964. The van der Waals surface area contributed by atoms with Crippen molar-refractivity contribution in [2.75, 3.05) is 26.2 Å². The molecule has 0 bridgehead atoms. The van der Waals surface area contributed by atoms with Gasteiger partial charge in [0.1, 0.15) is 6.61 Å². The van der Waals surface area contributed by atoms with Crippen molar-refractivity contribution in [3.8, 4) is 0 Å². The molecule has 1 heterocycles. The van der Waals surface area contributed by atoms with Crippen LogP contribution >= 0.6 is 0 Å². The van der Waals surface area contributed by atoms with Crippen LogP contribution in [0.15, 0.2) is 67.3 Å². The predicted molar refractivity (Wildman–Crippen MR) is 136 cm³/mol. The van der Waals surface area contributed by atoms with Gasteiger partial charge >= 0.3 is 12.1 Å². The topological polar surface area (TPSA) is 113 Å². The SMILES string of the molecule is C=CCN(C(=O)OCc1ccc([N+](=O)[O-])cc1)C1CCN(CCC(C)(C(=O)O)c2ccccc2)CC1. The summed E-state index contributed by atoms with van der Waals surface area (Å²) < 4.78 is 5.48. The van der Waals surface area contributed by atoms with E-state index in [0.29, 0.717) is 25.1 Å². The number of benzene rings is 2. The number of nitro groups is 1. The van der Waals surface area contributed by atoms with Gasteiger partial charge in [-0.1, -0.05) is 36.4 Å². The number of amides is 1. The maximum atomic E-state index is 12.8. The number of piperidine rings is 1. The number of non-ortho nitro benzene ring substituents is 1. The molecule has 9 heteroatoms. The van der Waals surface area contributed by atoms with Gasteiger partial charge in [0.2, 0.25) is 0 Å². The van der Waals surface area contributed by atoms with Crippen LogP contribution in [0, 0.1) is 10.1 Å². The molecule has 9 nitrogen and oxygen atoms in total. The Balaban J connectivity index is 1.52.